The van der Waals surface area contributed by atoms with E-state index in [0.29, 0.717) is 22.3 Å². The normalized spacial score (nSPS) is 10.1. The molecule has 2 aromatic carbocycles. The van der Waals surface area contributed by atoms with Crippen LogP contribution in [0.15, 0.2) is 42.5 Å². The maximum absolute atomic E-state index is 11.8. The molecule has 0 heterocycles. The van der Waals surface area contributed by atoms with E-state index < -0.39 is 0 Å². The third-order valence-corrected chi connectivity index (χ3v) is 3.60. The third kappa shape index (κ3) is 4.83. The molecule has 2 amide bonds. The number of halogens is 2. The van der Waals surface area contributed by atoms with Crippen molar-refractivity contribution in [3.63, 3.8) is 0 Å². The molecule has 4 nitrogen and oxygen atoms in total. The lowest BCUT2D eigenvalue weighted by molar-refractivity contribution is 0.252. The summed E-state index contributed by atoms with van der Waals surface area (Å²) in [6, 6.07) is 12.3. The van der Waals surface area contributed by atoms with Gasteiger partial charge in [0, 0.05) is 11.6 Å². The minimum absolute atomic E-state index is 0.322. The summed E-state index contributed by atoms with van der Waals surface area (Å²) in [7, 11) is 1.63. The van der Waals surface area contributed by atoms with Gasteiger partial charge in [-0.1, -0.05) is 35.3 Å². The second-order valence-electron chi connectivity index (χ2n) is 4.60. The molecule has 0 bridgehead atoms. The average Bonchev–Trinajstić information content (AvgIpc) is 2.51. The van der Waals surface area contributed by atoms with Crippen molar-refractivity contribution < 1.29 is 9.53 Å². The molecule has 22 heavy (non-hydrogen) atoms. The predicted molar refractivity (Wildman–Crippen MR) is 90.2 cm³/mol. The second kappa shape index (κ2) is 7.92. The van der Waals surface area contributed by atoms with E-state index in [1.54, 1.807) is 25.3 Å². The predicted octanol–water partition coefficient (Wildman–Crippen LogP) is 4.37. The van der Waals surface area contributed by atoms with Crippen LogP contribution in [-0.2, 0) is 6.42 Å². The number of ether oxygens (including phenoxy) is 1. The molecule has 0 radical (unpaired) electrons. The van der Waals surface area contributed by atoms with Crippen LogP contribution in [0.4, 0.5) is 10.5 Å². The fourth-order valence-corrected chi connectivity index (χ4v) is 2.21. The summed E-state index contributed by atoms with van der Waals surface area (Å²) >= 11 is 11.9. The Balaban J connectivity index is 1.81. The molecule has 2 N–H and O–H groups in total. The zero-order valence-corrected chi connectivity index (χ0v) is 13.5. The molecule has 2 aromatic rings. The number of hydrogen-bond acceptors (Lipinski definition) is 2. The van der Waals surface area contributed by atoms with E-state index in [-0.39, 0.29) is 6.03 Å². The van der Waals surface area contributed by atoms with Crippen molar-refractivity contribution in [3.8, 4) is 5.75 Å². The molecule has 6 heteroatoms. The zero-order chi connectivity index (χ0) is 15.9. The van der Waals surface area contributed by atoms with Crippen molar-refractivity contribution in [3.05, 3.63) is 58.1 Å². The van der Waals surface area contributed by atoms with Gasteiger partial charge in [0.1, 0.15) is 5.75 Å². The molecule has 0 spiro atoms. The first kappa shape index (κ1) is 16.5. The number of benzene rings is 2. The molecule has 0 aliphatic carbocycles. The van der Waals surface area contributed by atoms with Gasteiger partial charge < -0.3 is 15.4 Å². The van der Waals surface area contributed by atoms with E-state index in [2.05, 4.69) is 10.6 Å². The SMILES string of the molecule is COc1ccc(CCNC(=O)Nc2cc(Cl)ccc2Cl)cc1. The Morgan fingerprint density at radius 1 is 1.14 bits per heavy atom. The van der Waals surface area contributed by atoms with Crippen molar-refractivity contribution >= 4 is 34.9 Å². The number of methoxy groups -OCH3 is 1. The van der Waals surface area contributed by atoms with Gasteiger partial charge >= 0.3 is 6.03 Å². The summed E-state index contributed by atoms with van der Waals surface area (Å²) in [6.45, 7) is 0.510. The number of carbonyl (C=O) groups excluding carboxylic acids is 1. The quantitative estimate of drug-likeness (QED) is 0.850. The van der Waals surface area contributed by atoms with E-state index in [0.717, 1.165) is 17.7 Å². The van der Waals surface area contributed by atoms with E-state index in [1.807, 2.05) is 24.3 Å². The van der Waals surface area contributed by atoms with Gasteiger partial charge in [-0.15, -0.1) is 0 Å². The number of hydrogen-bond donors (Lipinski definition) is 2. The van der Waals surface area contributed by atoms with Crippen LogP contribution in [0.1, 0.15) is 5.56 Å². The molecular formula is C16H16Cl2N2O2. The summed E-state index contributed by atoms with van der Waals surface area (Å²) in [5.41, 5.74) is 1.60. The van der Waals surface area contributed by atoms with Crippen LogP contribution >= 0.6 is 23.2 Å². The molecule has 0 saturated heterocycles. The minimum atomic E-state index is -0.322. The van der Waals surface area contributed by atoms with E-state index in [4.69, 9.17) is 27.9 Å². The minimum Gasteiger partial charge on any atom is -0.497 e. The van der Waals surface area contributed by atoms with Gasteiger partial charge in [0.05, 0.1) is 17.8 Å². The maximum atomic E-state index is 11.8. The zero-order valence-electron chi connectivity index (χ0n) is 12.0. The standard InChI is InChI=1S/C16H16Cl2N2O2/c1-22-13-5-2-11(3-6-13)8-9-19-16(21)20-15-10-12(17)4-7-14(15)18/h2-7,10H,8-9H2,1H3,(H2,19,20,21). The Kier molecular flexibility index (Phi) is 5.92. The van der Waals surface area contributed by atoms with Crippen LogP contribution in [0.3, 0.4) is 0 Å². The van der Waals surface area contributed by atoms with Gasteiger partial charge in [-0.05, 0) is 42.3 Å². The number of carbonyl (C=O) groups is 1. The summed E-state index contributed by atoms with van der Waals surface area (Å²) in [5.74, 6) is 0.810. The van der Waals surface area contributed by atoms with Crippen LogP contribution < -0.4 is 15.4 Å². The fraction of sp³-hybridized carbons (Fsp3) is 0.188. The number of nitrogens with one attached hydrogen (secondary N) is 2. The molecular weight excluding hydrogens is 323 g/mol. The molecule has 0 fully saturated rings. The molecule has 0 aliphatic rings. The van der Waals surface area contributed by atoms with E-state index >= 15 is 0 Å². The first-order valence-corrected chi connectivity index (χ1v) is 7.47. The van der Waals surface area contributed by atoms with Crippen LogP contribution in [-0.4, -0.2) is 19.7 Å². The highest BCUT2D eigenvalue weighted by Crippen LogP contribution is 2.25. The van der Waals surface area contributed by atoms with Crippen LogP contribution in [0, 0.1) is 0 Å². The molecule has 0 aliphatic heterocycles. The first-order valence-electron chi connectivity index (χ1n) is 6.71. The van der Waals surface area contributed by atoms with Crippen molar-refractivity contribution in [1.29, 1.82) is 0 Å². The van der Waals surface area contributed by atoms with Gasteiger partial charge in [-0.3, -0.25) is 0 Å². The molecule has 0 unspecified atom stereocenters. The molecule has 0 saturated carbocycles. The molecule has 116 valence electrons. The van der Waals surface area contributed by atoms with Crippen LogP contribution in [0.5, 0.6) is 5.75 Å². The highest BCUT2D eigenvalue weighted by atomic mass is 35.5. The average molecular weight is 339 g/mol. The second-order valence-corrected chi connectivity index (χ2v) is 5.45. The van der Waals surface area contributed by atoms with Gasteiger partial charge in [0.2, 0.25) is 0 Å². The summed E-state index contributed by atoms with van der Waals surface area (Å²) in [6.07, 6.45) is 0.723. The summed E-state index contributed by atoms with van der Waals surface area (Å²) in [4.78, 5) is 11.8. The molecule has 0 atom stereocenters. The Labute approximate surface area is 139 Å². The highest BCUT2D eigenvalue weighted by Gasteiger charge is 2.06. The lowest BCUT2D eigenvalue weighted by Crippen LogP contribution is -2.30. The largest absolute Gasteiger partial charge is 0.497 e. The lowest BCUT2D eigenvalue weighted by Gasteiger charge is -2.09. The Morgan fingerprint density at radius 2 is 1.86 bits per heavy atom. The van der Waals surface area contributed by atoms with Crippen LogP contribution in [0.25, 0.3) is 0 Å². The Bertz CT molecular complexity index is 645. The third-order valence-electron chi connectivity index (χ3n) is 3.03. The molecule has 2 rings (SSSR count). The van der Waals surface area contributed by atoms with Crippen molar-refractivity contribution in [2.24, 2.45) is 0 Å². The van der Waals surface area contributed by atoms with Gasteiger partial charge in [-0.25, -0.2) is 4.79 Å². The molecule has 0 aromatic heterocycles. The smallest absolute Gasteiger partial charge is 0.319 e. The first-order chi connectivity index (χ1) is 10.6. The van der Waals surface area contributed by atoms with Gasteiger partial charge in [0.25, 0.3) is 0 Å². The van der Waals surface area contributed by atoms with Gasteiger partial charge in [0.15, 0.2) is 0 Å². The van der Waals surface area contributed by atoms with Crippen molar-refractivity contribution in [2.75, 3.05) is 19.0 Å². The van der Waals surface area contributed by atoms with Crippen molar-refractivity contribution in [1.82, 2.24) is 5.32 Å². The van der Waals surface area contributed by atoms with E-state index in [1.165, 1.54) is 0 Å². The Morgan fingerprint density at radius 3 is 2.55 bits per heavy atom. The number of urea groups is 1. The number of amides is 2. The monoisotopic (exact) mass is 338 g/mol. The lowest BCUT2D eigenvalue weighted by atomic mass is 10.1. The van der Waals surface area contributed by atoms with Crippen molar-refractivity contribution in [2.45, 2.75) is 6.42 Å². The van der Waals surface area contributed by atoms with E-state index in [9.17, 15) is 4.79 Å². The number of anilines is 1. The van der Waals surface area contributed by atoms with Crippen LogP contribution in [0.2, 0.25) is 10.0 Å². The maximum Gasteiger partial charge on any atom is 0.319 e. The Hall–Kier alpha value is -1.91. The topological polar surface area (TPSA) is 50.4 Å². The highest BCUT2D eigenvalue weighted by molar-refractivity contribution is 6.35. The summed E-state index contributed by atoms with van der Waals surface area (Å²) in [5, 5.41) is 6.39. The van der Waals surface area contributed by atoms with Gasteiger partial charge in [-0.2, -0.15) is 0 Å². The number of rotatable bonds is 5. The fourth-order valence-electron chi connectivity index (χ4n) is 1.87. The summed E-state index contributed by atoms with van der Waals surface area (Å²) < 4.78 is 5.10.